The molecular weight excluding hydrogens is 855 g/mol. The molecule has 12 aromatic carbocycles. The maximum atomic E-state index is 2.52. The van der Waals surface area contributed by atoms with E-state index in [2.05, 4.69) is 267 Å². The highest BCUT2D eigenvalue weighted by atomic mass is 15.1. The Morgan fingerprint density at radius 1 is 0.282 bits per heavy atom. The van der Waals surface area contributed by atoms with E-state index in [1.165, 1.54) is 121 Å². The van der Waals surface area contributed by atoms with Gasteiger partial charge in [0, 0.05) is 22.2 Å². The Labute approximate surface area is 414 Å². The minimum Gasteiger partial charge on any atom is -0.310 e. The molecule has 0 heterocycles. The van der Waals surface area contributed by atoms with Crippen LogP contribution >= 0.6 is 0 Å². The maximum absolute atomic E-state index is 2.52. The average molecular weight is 902 g/mol. The van der Waals surface area contributed by atoms with Crippen LogP contribution in [0.5, 0.6) is 0 Å². The van der Waals surface area contributed by atoms with Crippen molar-refractivity contribution in [3.05, 3.63) is 282 Å². The Morgan fingerprint density at radius 2 is 0.775 bits per heavy atom. The summed E-state index contributed by atoms with van der Waals surface area (Å²) in [6, 6.07) is 93.7. The third-order valence-electron chi connectivity index (χ3n) is 16.5. The zero-order valence-corrected chi connectivity index (χ0v) is 39.6. The Bertz CT molecular complexity index is 4140. The van der Waals surface area contributed by atoms with E-state index in [0.29, 0.717) is 0 Å². The van der Waals surface area contributed by atoms with E-state index < -0.39 is 5.41 Å². The highest BCUT2D eigenvalue weighted by Crippen LogP contribution is 2.63. The van der Waals surface area contributed by atoms with Gasteiger partial charge in [-0.25, -0.2) is 0 Å². The number of benzene rings is 12. The molecule has 0 unspecified atom stereocenters. The van der Waals surface area contributed by atoms with E-state index in [4.69, 9.17) is 0 Å². The summed E-state index contributed by atoms with van der Waals surface area (Å²) in [5.74, 6) is 0. The van der Waals surface area contributed by atoms with Gasteiger partial charge in [0.15, 0.2) is 0 Å². The van der Waals surface area contributed by atoms with Crippen LogP contribution in [0.25, 0.3) is 88.0 Å². The SMILES string of the molecule is CC1(C)c2ccccc2-c2c(-c3c(-c4ccc(N(c5ccc6c(c5)C5(c7ccccc7-c7ccccc75)c5ccccc5-6)c5cc6ccccc6c6ccccc56)cc4)ccc4ccccc34)cccc21. The lowest BCUT2D eigenvalue weighted by molar-refractivity contribution is 0.660. The van der Waals surface area contributed by atoms with Crippen molar-refractivity contribution in [2.75, 3.05) is 4.90 Å². The molecule has 0 N–H and O–H groups in total. The van der Waals surface area contributed by atoms with E-state index >= 15 is 0 Å². The highest BCUT2D eigenvalue weighted by Gasteiger charge is 2.51. The Balaban J connectivity index is 0.964. The average Bonchev–Trinajstić information content (AvgIpc) is 3.99. The van der Waals surface area contributed by atoms with Crippen molar-refractivity contribution in [2.45, 2.75) is 24.7 Å². The monoisotopic (exact) mass is 901 g/mol. The lowest BCUT2D eigenvalue weighted by Gasteiger charge is -2.32. The molecule has 1 nitrogen and oxygen atoms in total. The van der Waals surface area contributed by atoms with Crippen LogP contribution in [-0.4, -0.2) is 0 Å². The molecule has 0 amide bonds. The summed E-state index contributed by atoms with van der Waals surface area (Å²) in [5, 5.41) is 7.43. The Kier molecular flexibility index (Phi) is 8.40. The largest absolute Gasteiger partial charge is 0.310 e. The molecule has 0 saturated carbocycles. The molecule has 1 spiro atoms. The molecular formula is C70H47N. The normalized spacial score (nSPS) is 14.0. The van der Waals surface area contributed by atoms with Crippen molar-refractivity contribution >= 4 is 49.4 Å². The van der Waals surface area contributed by atoms with E-state index in [0.717, 1.165) is 17.1 Å². The highest BCUT2D eigenvalue weighted by molar-refractivity contribution is 6.15. The Morgan fingerprint density at radius 3 is 1.46 bits per heavy atom. The molecule has 3 aliphatic rings. The second-order valence-corrected chi connectivity index (χ2v) is 20.3. The molecule has 0 aliphatic heterocycles. The predicted octanol–water partition coefficient (Wildman–Crippen LogP) is 18.6. The summed E-state index contributed by atoms with van der Waals surface area (Å²) in [4.78, 5) is 2.52. The van der Waals surface area contributed by atoms with Crippen LogP contribution in [0.3, 0.4) is 0 Å². The zero-order valence-electron chi connectivity index (χ0n) is 39.6. The second-order valence-electron chi connectivity index (χ2n) is 20.3. The fourth-order valence-electron chi connectivity index (χ4n) is 13.4. The first kappa shape index (κ1) is 40.1. The van der Waals surface area contributed by atoms with Gasteiger partial charge >= 0.3 is 0 Å². The number of anilines is 3. The van der Waals surface area contributed by atoms with Gasteiger partial charge in [-0.2, -0.15) is 0 Å². The van der Waals surface area contributed by atoms with Gasteiger partial charge in [-0.05, 0) is 146 Å². The van der Waals surface area contributed by atoms with E-state index in [-0.39, 0.29) is 5.41 Å². The summed E-state index contributed by atoms with van der Waals surface area (Å²) in [7, 11) is 0. The van der Waals surface area contributed by atoms with Crippen LogP contribution in [0.15, 0.2) is 249 Å². The summed E-state index contributed by atoms with van der Waals surface area (Å²) in [6.07, 6.45) is 0. The van der Waals surface area contributed by atoms with Gasteiger partial charge < -0.3 is 4.90 Å². The molecule has 0 atom stereocenters. The van der Waals surface area contributed by atoms with Crippen LogP contribution in [0, 0.1) is 0 Å². The standard InChI is InChI=1S/C70H47N/c1-69(2)60-29-13-12-27-58(60)68-59(28-17-33-64(68)69)67-50-21-6-3-18-44(50)36-40-51(67)45-34-37-47(38-35-45)71(66-42-46-19-4-5-20-49(46)52-22-7-8-26-57(52)66)48-39-41-56-55-25-11-16-32-63(55)70(65(56)43-48)61-30-14-9-23-53(61)54-24-10-15-31-62(54)70/h3-43H,1-2H3. The molecule has 0 aromatic heterocycles. The molecule has 71 heavy (non-hydrogen) atoms. The fourth-order valence-corrected chi connectivity index (χ4v) is 13.4. The molecule has 0 fully saturated rings. The van der Waals surface area contributed by atoms with Gasteiger partial charge in [0.1, 0.15) is 0 Å². The molecule has 3 aliphatic carbocycles. The molecule has 0 bridgehead atoms. The summed E-state index contributed by atoms with van der Waals surface area (Å²) in [5.41, 5.74) is 23.8. The topological polar surface area (TPSA) is 3.24 Å². The minimum absolute atomic E-state index is 0.102. The second kappa shape index (κ2) is 14.9. The fraction of sp³-hybridized carbons (Fsp3) is 0.0571. The third-order valence-corrected chi connectivity index (χ3v) is 16.5. The van der Waals surface area contributed by atoms with Crippen LogP contribution in [0.4, 0.5) is 17.1 Å². The number of nitrogens with zero attached hydrogens (tertiary/aromatic N) is 1. The van der Waals surface area contributed by atoms with Crippen molar-refractivity contribution in [3.8, 4) is 55.6 Å². The van der Waals surface area contributed by atoms with E-state index in [1.807, 2.05) is 0 Å². The van der Waals surface area contributed by atoms with Gasteiger partial charge in [0.25, 0.3) is 0 Å². The van der Waals surface area contributed by atoms with Crippen LogP contribution < -0.4 is 4.90 Å². The molecule has 0 saturated heterocycles. The maximum Gasteiger partial charge on any atom is 0.0726 e. The Hall–Kier alpha value is -8.78. The van der Waals surface area contributed by atoms with Crippen molar-refractivity contribution in [1.29, 1.82) is 0 Å². The zero-order chi connectivity index (χ0) is 47.0. The quantitative estimate of drug-likeness (QED) is 0.156. The lowest BCUT2D eigenvalue weighted by atomic mass is 9.70. The van der Waals surface area contributed by atoms with Crippen molar-refractivity contribution in [2.24, 2.45) is 0 Å². The predicted molar refractivity (Wildman–Crippen MR) is 298 cm³/mol. The van der Waals surface area contributed by atoms with Crippen LogP contribution in [0.1, 0.15) is 47.2 Å². The van der Waals surface area contributed by atoms with Gasteiger partial charge in [-0.3, -0.25) is 0 Å². The van der Waals surface area contributed by atoms with E-state index in [9.17, 15) is 0 Å². The first-order valence-corrected chi connectivity index (χ1v) is 25.0. The van der Waals surface area contributed by atoms with Crippen LogP contribution in [0.2, 0.25) is 0 Å². The number of hydrogen-bond donors (Lipinski definition) is 0. The molecule has 1 heteroatoms. The minimum atomic E-state index is -0.462. The number of rotatable bonds is 5. The van der Waals surface area contributed by atoms with Gasteiger partial charge in [-0.15, -0.1) is 0 Å². The van der Waals surface area contributed by atoms with Gasteiger partial charge in [0.05, 0.1) is 11.1 Å². The summed E-state index contributed by atoms with van der Waals surface area (Å²) >= 11 is 0. The van der Waals surface area contributed by atoms with Gasteiger partial charge in [-0.1, -0.05) is 232 Å². The summed E-state index contributed by atoms with van der Waals surface area (Å²) < 4.78 is 0. The first-order chi connectivity index (χ1) is 35.0. The molecule has 12 aromatic rings. The van der Waals surface area contributed by atoms with Crippen molar-refractivity contribution in [3.63, 3.8) is 0 Å². The summed E-state index contributed by atoms with van der Waals surface area (Å²) in [6.45, 7) is 4.75. The first-order valence-electron chi connectivity index (χ1n) is 25.0. The van der Waals surface area contributed by atoms with Gasteiger partial charge in [0.2, 0.25) is 0 Å². The van der Waals surface area contributed by atoms with Crippen molar-refractivity contribution < 1.29 is 0 Å². The smallest absolute Gasteiger partial charge is 0.0726 e. The number of fused-ring (bicyclic) bond motifs is 17. The van der Waals surface area contributed by atoms with Crippen LogP contribution in [-0.2, 0) is 10.8 Å². The molecule has 15 rings (SSSR count). The molecule has 0 radical (unpaired) electrons. The third kappa shape index (κ3) is 5.46. The number of hydrogen-bond acceptors (Lipinski definition) is 1. The lowest BCUT2D eigenvalue weighted by Crippen LogP contribution is -2.26. The van der Waals surface area contributed by atoms with Crippen molar-refractivity contribution in [1.82, 2.24) is 0 Å². The van der Waals surface area contributed by atoms with E-state index in [1.54, 1.807) is 0 Å². The molecule has 332 valence electrons.